The monoisotopic (exact) mass is 263 g/mol. The maximum atomic E-state index is 5.81. The molecule has 19 heavy (non-hydrogen) atoms. The number of benzene rings is 1. The number of aryl methyl sites for hydroxylation is 2. The minimum atomic E-state index is 0.0491. The number of hydrogen-bond donors (Lipinski definition) is 2. The molecule has 0 aliphatic heterocycles. The van der Waals surface area contributed by atoms with Crippen LogP contribution in [0, 0.1) is 13.8 Å². The average molecular weight is 263 g/mol. The van der Waals surface area contributed by atoms with Gasteiger partial charge >= 0.3 is 0 Å². The Hall–Kier alpha value is -0.900. The molecule has 0 radical (unpaired) electrons. The summed E-state index contributed by atoms with van der Waals surface area (Å²) >= 11 is 0. The summed E-state index contributed by atoms with van der Waals surface area (Å²) < 4.78 is 0. The van der Waals surface area contributed by atoms with E-state index in [0.29, 0.717) is 0 Å². The Morgan fingerprint density at radius 1 is 1.26 bits per heavy atom. The quantitative estimate of drug-likeness (QED) is 0.612. The molecule has 0 saturated heterocycles. The van der Waals surface area contributed by atoms with Gasteiger partial charge in [0, 0.05) is 11.6 Å². The summed E-state index contributed by atoms with van der Waals surface area (Å²) in [6, 6.07) is 6.90. The summed E-state index contributed by atoms with van der Waals surface area (Å²) in [4.78, 5) is 2.26. The predicted molar refractivity (Wildman–Crippen MR) is 83.1 cm³/mol. The largest absolute Gasteiger partial charge is 0.302 e. The maximum Gasteiger partial charge on any atom is 0.0432 e. The van der Waals surface area contributed by atoms with Crippen LogP contribution in [0.5, 0.6) is 0 Å². The lowest BCUT2D eigenvalue weighted by atomic mass is 9.84. The number of nitrogens with zero attached hydrogens (tertiary/aromatic N) is 1. The van der Waals surface area contributed by atoms with E-state index in [4.69, 9.17) is 5.84 Å². The molecule has 108 valence electrons. The van der Waals surface area contributed by atoms with Crippen LogP contribution in [0.1, 0.15) is 37.0 Å². The standard InChI is InChI=1S/C16H29N3/c1-7-16(4,19(5)6)15(18-17)11-14-9-8-12(2)13(3)10-14/h8-10,15,18H,7,11,17H2,1-6H3. The third-order valence-electron chi connectivity index (χ3n) is 4.70. The lowest BCUT2D eigenvalue weighted by Gasteiger charge is -2.42. The number of rotatable bonds is 6. The lowest BCUT2D eigenvalue weighted by molar-refractivity contribution is 0.112. The Labute approximate surface area is 118 Å². The van der Waals surface area contributed by atoms with Gasteiger partial charge in [-0.25, -0.2) is 0 Å². The summed E-state index contributed by atoms with van der Waals surface area (Å²) in [6.45, 7) is 8.78. The van der Waals surface area contributed by atoms with Gasteiger partial charge in [-0.05, 0) is 64.4 Å². The molecule has 0 fully saturated rings. The molecule has 2 atom stereocenters. The first-order valence-corrected chi connectivity index (χ1v) is 7.04. The molecule has 0 spiro atoms. The lowest BCUT2D eigenvalue weighted by Crippen LogP contribution is -2.59. The van der Waals surface area contributed by atoms with Crippen molar-refractivity contribution in [2.24, 2.45) is 5.84 Å². The predicted octanol–water partition coefficient (Wildman–Crippen LogP) is 2.41. The molecular formula is C16H29N3. The van der Waals surface area contributed by atoms with Gasteiger partial charge in [-0.2, -0.15) is 0 Å². The van der Waals surface area contributed by atoms with E-state index in [1.807, 2.05) is 0 Å². The number of nitrogens with two attached hydrogens (primary N) is 1. The summed E-state index contributed by atoms with van der Waals surface area (Å²) in [5.41, 5.74) is 7.09. The Bertz CT molecular complexity index is 414. The molecule has 1 aromatic carbocycles. The first-order valence-electron chi connectivity index (χ1n) is 7.04. The molecular weight excluding hydrogens is 234 g/mol. The van der Waals surface area contributed by atoms with Crippen LogP contribution in [-0.4, -0.2) is 30.6 Å². The van der Waals surface area contributed by atoms with Crippen molar-refractivity contribution in [2.75, 3.05) is 14.1 Å². The molecule has 1 rings (SSSR count). The smallest absolute Gasteiger partial charge is 0.0432 e. The van der Waals surface area contributed by atoms with Gasteiger partial charge < -0.3 is 4.90 Å². The van der Waals surface area contributed by atoms with Crippen molar-refractivity contribution in [2.45, 2.75) is 52.1 Å². The number of likely N-dealkylation sites (N-methyl/N-ethyl adjacent to an activating group) is 1. The van der Waals surface area contributed by atoms with E-state index in [0.717, 1.165) is 12.8 Å². The molecule has 3 heteroatoms. The van der Waals surface area contributed by atoms with Crippen LogP contribution in [0.3, 0.4) is 0 Å². The van der Waals surface area contributed by atoms with Crippen molar-refractivity contribution in [3.05, 3.63) is 34.9 Å². The fourth-order valence-electron chi connectivity index (χ4n) is 2.50. The van der Waals surface area contributed by atoms with E-state index in [1.54, 1.807) is 0 Å². The van der Waals surface area contributed by atoms with Crippen LogP contribution in [0.25, 0.3) is 0 Å². The van der Waals surface area contributed by atoms with Crippen molar-refractivity contribution in [3.63, 3.8) is 0 Å². The van der Waals surface area contributed by atoms with Crippen LogP contribution in [0.4, 0.5) is 0 Å². The van der Waals surface area contributed by atoms with Crippen LogP contribution in [-0.2, 0) is 6.42 Å². The Morgan fingerprint density at radius 2 is 1.89 bits per heavy atom. The Balaban J connectivity index is 2.95. The molecule has 3 nitrogen and oxygen atoms in total. The van der Waals surface area contributed by atoms with E-state index in [-0.39, 0.29) is 11.6 Å². The highest BCUT2D eigenvalue weighted by atomic mass is 15.3. The average Bonchev–Trinajstić information content (AvgIpc) is 2.38. The van der Waals surface area contributed by atoms with Crippen molar-refractivity contribution < 1.29 is 0 Å². The number of nitrogens with one attached hydrogen (secondary N) is 1. The molecule has 0 saturated carbocycles. The maximum absolute atomic E-state index is 5.81. The van der Waals surface area contributed by atoms with Gasteiger partial charge in [-0.15, -0.1) is 0 Å². The van der Waals surface area contributed by atoms with Gasteiger partial charge in [-0.1, -0.05) is 25.1 Å². The van der Waals surface area contributed by atoms with Crippen molar-refractivity contribution in [1.29, 1.82) is 0 Å². The Morgan fingerprint density at radius 3 is 2.32 bits per heavy atom. The van der Waals surface area contributed by atoms with Gasteiger partial charge in [0.2, 0.25) is 0 Å². The zero-order chi connectivity index (χ0) is 14.6. The fraction of sp³-hybridized carbons (Fsp3) is 0.625. The number of hydrazine groups is 1. The molecule has 0 heterocycles. The van der Waals surface area contributed by atoms with Crippen molar-refractivity contribution in [3.8, 4) is 0 Å². The molecule has 3 N–H and O–H groups in total. The van der Waals surface area contributed by atoms with Crippen LogP contribution < -0.4 is 11.3 Å². The second-order valence-electron chi connectivity index (χ2n) is 5.95. The van der Waals surface area contributed by atoms with Crippen molar-refractivity contribution >= 4 is 0 Å². The highest BCUT2D eigenvalue weighted by molar-refractivity contribution is 5.30. The molecule has 0 bridgehead atoms. The van der Waals surface area contributed by atoms with Crippen LogP contribution in [0.2, 0.25) is 0 Å². The highest BCUT2D eigenvalue weighted by Gasteiger charge is 2.34. The van der Waals surface area contributed by atoms with E-state index in [1.165, 1.54) is 16.7 Å². The third kappa shape index (κ3) is 3.56. The van der Waals surface area contributed by atoms with Gasteiger partial charge in [0.25, 0.3) is 0 Å². The van der Waals surface area contributed by atoms with Crippen molar-refractivity contribution in [1.82, 2.24) is 10.3 Å². The second kappa shape index (κ2) is 6.51. The number of hydrogen-bond acceptors (Lipinski definition) is 3. The minimum absolute atomic E-state index is 0.0491. The molecule has 1 aromatic rings. The first kappa shape index (κ1) is 16.2. The topological polar surface area (TPSA) is 41.3 Å². The second-order valence-corrected chi connectivity index (χ2v) is 5.95. The third-order valence-corrected chi connectivity index (χ3v) is 4.70. The fourth-order valence-corrected chi connectivity index (χ4v) is 2.50. The molecule has 0 aliphatic rings. The summed E-state index contributed by atoms with van der Waals surface area (Å²) in [5.74, 6) is 5.81. The summed E-state index contributed by atoms with van der Waals surface area (Å²) in [7, 11) is 4.24. The molecule has 0 aromatic heterocycles. The summed E-state index contributed by atoms with van der Waals surface area (Å²) in [5, 5.41) is 0. The zero-order valence-corrected chi connectivity index (χ0v) is 13.2. The van der Waals surface area contributed by atoms with E-state index >= 15 is 0 Å². The summed E-state index contributed by atoms with van der Waals surface area (Å²) in [6.07, 6.45) is 2.00. The molecule has 0 amide bonds. The minimum Gasteiger partial charge on any atom is -0.302 e. The van der Waals surface area contributed by atoms with Gasteiger partial charge in [0.1, 0.15) is 0 Å². The highest BCUT2D eigenvalue weighted by Crippen LogP contribution is 2.24. The van der Waals surface area contributed by atoms with Crippen LogP contribution >= 0.6 is 0 Å². The molecule has 0 aliphatic carbocycles. The zero-order valence-electron chi connectivity index (χ0n) is 13.2. The SMILES string of the molecule is CCC(C)(C(Cc1ccc(C)c(C)c1)NN)N(C)C. The van der Waals surface area contributed by atoms with Gasteiger partial charge in [-0.3, -0.25) is 11.3 Å². The Kier molecular flexibility index (Phi) is 5.53. The van der Waals surface area contributed by atoms with E-state index < -0.39 is 0 Å². The normalized spacial score (nSPS) is 16.4. The van der Waals surface area contributed by atoms with Gasteiger partial charge in [0.05, 0.1) is 0 Å². The van der Waals surface area contributed by atoms with E-state index in [2.05, 4.69) is 70.3 Å². The van der Waals surface area contributed by atoms with E-state index in [9.17, 15) is 0 Å². The van der Waals surface area contributed by atoms with Gasteiger partial charge in [0.15, 0.2) is 0 Å². The molecule has 2 unspecified atom stereocenters. The first-order chi connectivity index (χ1) is 8.85. The van der Waals surface area contributed by atoms with Crippen LogP contribution in [0.15, 0.2) is 18.2 Å².